The number of rotatable bonds is 4. The van der Waals surface area contributed by atoms with E-state index in [1.807, 2.05) is 0 Å². The molecule has 1 aliphatic carbocycles. The van der Waals surface area contributed by atoms with Gasteiger partial charge in [0.2, 0.25) is 10.0 Å². The smallest absolute Gasteiger partial charge is 0.257 e. The van der Waals surface area contributed by atoms with Crippen LogP contribution in [0.2, 0.25) is 5.02 Å². The van der Waals surface area contributed by atoms with Crippen molar-refractivity contribution in [2.24, 2.45) is 10.8 Å². The Morgan fingerprint density at radius 1 is 1.16 bits per heavy atom. The highest BCUT2D eigenvalue weighted by Gasteiger charge is 2.60. The summed E-state index contributed by atoms with van der Waals surface area (Å²) in [7, 11) is -3.80. The molecule has 0 spiro atoms. The molecule has 0 unspecified atom stereocenters. The van der Waals surface area contributed by atoms with E-state index in [1.54, 1.807) is 4.31 Å². The highest BCUT2D eigenvalue weighted by molar-refractivity contribution is 7.89. The van der Waals surface area contributed by atoms with E-state index in [0.29, 0.717) is 12.6 Å². The third-order valence-corrected chi connectivity index (χ3v) is 9.56. The summed E-state index contributed by atoms with van der Waals surface area (Å²) in [5.74, 6) is -3.13. The van der Waals surface area contributed by atoms with Crippen molar-refractivity contribution in [3.63, 3.8) is 0 Å². The molecule has 1 N–H and O–H groups in total. The van der Waals surface area contributed by atoms with Crippen LogP contribution in [-0.2, 0) is 10.0 Å². The number of halogens is 3. The lowest BCUT2D eigenvalue weighted by atomic mass is 9.60. The molecule has 5 nitrogen and oxygen atoms in total. The van der Waals surface area contributed by atoms with Crippen LogP contribution in [0.25, 0.3) is 0 Å². The third-order valence-electron chi connectivity index (χ3n) is 7.40. The number of nitrogens with one attached hydrogen (secondary N) is 1. The summed E-state index contributed by atoms with van der Waals surface area (Å²) in [5.41, 5.74) is -0.280. The molecule has 1 amide bonds. The fourth-order valence-electron chi connectivity index (χ4n) is 5.03. The van der Waals surface area contributed by atoms with Crippen LogP contribution in [0.5, 0.6) is 0 Å². The minimum atomic E-state index is -3.80. The van der Waals surface area contributed by atoms with Gasteiger partial charge in [0.25, 0.3) is 5.91 Å². The van der Waals surface area contributed by atoms with Crippen molar-refractivity contribution in [1.29, 1.82) is 0 Å². The topological polar surface area (TPSA) is 66.5 Å². The second-order valence-electron chi connectivity index (χ2n) is 9.47. The standard InChI is InChI=1S/C23H25ClF2N2O3S/c1-22(2)20-8-5-9-23(22,3)13-28(20)32(30,31)15-7-4-6-14(10-15)27-21(29)16-11-18(25)19(26)12-17(16)24/h4,6-7,10-12,20H,5,8-9,13H2,1-3H3,(H,27,29)/t20-,23-/m0/s1. The maximum absolute atomic E-state index is 13.6. The van der Waals surface area contributed by atoms with Gasteiger partial charge in [-0.25, -0.2) is 17.2 Å². The fraction of sp³-hybridized carbons (Fsp3) is 0.435. The number of carbonyl (C=O) groups is 1. The van der Waals surface area contributed by atoms with E-state index < -0.39 is 27.6 Å². The van der Waals surface area contributed by atoms with E-state index in [2.05, 4.69) is 26.1 Å². The monoisotopic (exact) mass is 482 g/mol. The van der Waals surface area contributed by atoms with Gasteiger partial charge in [-0.3, -0.25) is 4.79 Å². The summed E-state index contributed by atoms with van der Waals surface area (Å²) < 4.78 is 55.6. The normalized spacial score (nSPS) is 25.0. The Labute approximate surface area is 191 Å². The first-order valence-electron chi connectivity index (χ1n) is 10.4. The number of carbonyl (C=O) groups excluding carboxylic acids is 1. The zero-order valence-electron chi connectivity index (χ0n) is 18.1. The van der Waals surface area contributed by atoms with Crippen molar-refractivity contribution in [3.8, 4) is 0 Å². The lowest BCUT2D eigenvalue weighted by molar-refractivity contribution is 0.0722. The van der Waals surface area contributed by atoms with Crippen LogP contribution in [0, 0.1) is 22.5 Å². The minimum absolute atomic E-state index is 0.0682. The highest BCUT2D eigenvalue weighted by Crippen LogP contribution is 2.58. The average Bonchev–Trinajstić information content (AvgIpc) is 2.84. The Kier molecular flexibility index (Phi) is 5.63. The molecule has 2 aromatic rings. The lowest BCUT2D eigenvalue weighted by Crippen LogP contribution is -2.44. The summed E-state index contributed by atoms with van der Waals surface area (Å²) in [6.45, 7) is 6.87. The van der Waals surface area contributed by atoms with Crippen molar-refractivity contribution < 1.29 is 22.0 Å². The van der Waals surface area contributed by atoms with Gasteiger partial charge in [0.15, 0.2) is 11.6 Å². The summed E-state index contributed by atoms with van der Waals surface area (Å²) in [6.07, 6.45) is 2.78. The van der Waals surface area contributed by atoms with Crippen molar-refractivity contribution in [1.82, 2.24) is 4.31 Å². The number of hydrogen-bond donors (Lipinski definition) is 1. The number of benzene rings is 2. The largest absolute Gasteiger partial charge is 0.322 e. The molecular weight excluding hydrogens is 458 g/mol. The number of nitrogens with zero attached hydrogens (tertiary/aromatic N) is 1. The lowest BCUT2D eigenvalue weighted by Gasteiger charge is -2.44. The minimum Gasteiger partial charge on any atom is -0.322 e. The molecule has 0 radical (unpaired) electrons. The molecule has 32 heavy (non-hydrogen) atoms. The van der Waals surface area contributed by atoms with Crippen molar-refractivity contribution in [3.05, 3.63) is 58.6 Å². The number of anilines is 1. The second-order valence-corrected chi connectivity index (χ2v) is 11.8. The number of amides is 1. The van der Waals surface area contributed by atoms with Gasteiger partial charge in [0.05, 0.1) is 15.5 Å². The Balaban J connectivity index is 1.62. The maximum Gasteiger partial charge on any atom is 0.257 e. The predicted molar refractivity (Wildman–Crippen MR) is 119 cm³/mol. The van der Waals surface area contributed by atoms with Crippen molar-refractivity contribution in [2.45, 2.75) is 51.0 Å². The van der Waals surface area contributed by atoms with Crippen LogP contribution in [0.1, 0.15) is 50.4 Å². The van der Waals surface area contributed by atoms with Crippen LogP contribution in [-0.4, -0.2) is 31.2 Å². The quantitative estimate of drug-likeness (QED) is 0.588. The van der Waals surface area contributed by atoms with Gasteiger partial charge in [0.1, 0.15) is 0 Å². The Hall–Kier alpha value is -2.03. The zero-order valence-corrected chi connectivity index (χ0v) is 19.7. The van der Waals surface area contributed by atoms with Crippen molar-refractivity contribution in [2.75, 3.05) is 11.9 Å². The van der Waals surface area contributed by atoms with Crippen LogP contribution in [0.3, 0.4) is 0 Å². The molecular formula is C23H25ClF2N2O3S. The van der Waals surface area contributed by atoms with E-state index in [1.165, 1.54) is 24.3 Å². The fourth-order valence-corrected chi connectivity index (χ4v) is 7.22. The van der Waals surface area contributed by atoms with Crippen LogP contribution in [0.15, 0.2) is 41.3 Å². The van der Waals surface area contributed by atoms with Gasteiger partial charge in [-0.2, -0.15) is 4.31 Å². The molecule has 1 heterocycles. The van der Waals surface area contributed by atoms with Crippen LogP contribution < -0.4 is 5.32 Å². The molecule has 2 atom stereocenters. The summed E-state index contributed by atoms with van der Waals surface area (Å²) in [4.78, 5) is 12.6. The zero-order chi connectivity index (χ0) is 23.5. The molecule has 2 aliphatic rings. The summed E-state index contributed by atoms with van der Waals surface area (Å²) in [5, 5.41) is 2.28. The number of hydrogen-bond acceptors (Lipinski definition) is 3. The molecule has 2 fully saturated rings. The SMILES string of the molecule is CC1(C)[C@@H]2CCC[C@@]1(C)CN2S(=O)(=O)c1cccc(NC(=O)c2cc(F)c(F)cc2Cl)c1. The van der Waals surface area contributed by atoms with E-state index in [4.69, 9.17) is 11.6 Å². The molecule has 1 saturated heterocycles. The summed E-state index contributed by atoms with van der Waals surface area (Å²) in [6, 6.07) is 7.26. The Morgan fingerprint density at radius 2 is 1.84 bits per heavy atom. The predicted octanol–water partition coefficient (Wildman–Crippen LogP) is 5.46. The number of fused-ring (bicyclic) bond motifs is 2. The second kappa shape index (κ2) is 7.78. The molecule has 1 aliphatic heterocycles. The van der Waals surface area contributed by atoms with Gasteiger partial charge >= 0.3 is 0 Å². The van der Waals surface area contributed by atoms with Gasteiger partial charge < -0.3 is 5.32 Å². The molecule has 0 aromatic heterocycles. The van der Waals surface area contributed by atoms with E-state index >= 15 is 0 Å². The maximum atomic E-state index is 13.6. The van der Waals surface area contributed by atoms with Crippen LogP contribution >= 0.6 is 11.6 Å². The van der Waals surface area contributed by atoms with Gasteiger partial charge in [-0.1, -0.05) is 44.9 Å². The Bertz CT molecular complexity index is 1200. The first kappa shape index (κ1) is 23.1. The third kappa shape index (κ3) is 3.62. The number of sulfonamides is 1. The van der Waals surface area contributed by atoms with Crippen molar-refractivity contribution >= 4 is 33.2 Å². The first-order chi connectivity index (χ1) is 14.9. The molecule has 1 saturated carbocycles. The van der Waals surface area contributed by atoms with E-state index in [9.17, 15) is 22.0 Å². The molecule has 9 heteroatoms. The van der Waals surface area contributed by atoms with Gasteiger partial charge in [-0.15, -0.1) is 0 Å². The van der Waals surface area contributed by atoms with Crippen LogP contribution in [0.4, 0.5) is 14.5 Å². The van der Waals surface area contributed by atoms with Gasteiger partial charge in [0, 0.05) is 18.3 Å². The molecule has 4 rings (SSSR count). The first-order valence-corrected chi connectivity index (χ1v) is 12.3. The molecule has 2 bridgehead atoms. The van der Waals surface area contributed by atoms with E-state index in [-0.39, 0.29) is 38.0 Å². The molecule has 2 aromatic carbocycles. The average molecular weight is 483 g/mol. The molecule has 172 valence electrons. The van der Waals surface area contributed by atoms with E-state index in [0.717, 1.165) is 25.3 Å². The highest BCUT2D eigenvalue weighted by atomic mass is 35.5. The summed E-state index contributed by atoms with van der Waals surface area (Å²) >= 11 is 5.87. The van der Waals surface area contributed by atoms with Gasteiger partial charge in [-0.05, 0) is 54.0 Å². The Morgan fingerprint density at radius 3 is 2.53 bits per heavy atom.